The molecule has 0 spiro atoms. The number of rotatable bonds is 27. The number of ether oxygens (including phenoxy) is 8. The summed E-state index contributed by atoms with van der Waals surface area (Å²) in [5.41, 5.74) is 0.0148. The van der Waals surface area contributed by atoms with Crippen LogP contribution in [0.15, 0.2) is 24.3 Å². The van der Waals surface area contributed by atoms with E-state index in [9.17, 15) is 19.7 Å². The van der Waals surface area contributed by atoms with E-state index in [1.165, 1.54) is 12.1 Å². The Morgan fingerprint density at radius 2 is 1.10 bits per heavy atom. The minimum absolute atomic E-state index is 0.0148. The third kappa shape index (κ3) is 21.7. The molecule has 0 fully saturated rings. The van der Waals surface area contributed by atoms with E-state index < -0.39 is 23.4 Å². The van der Waals surface area contributed by atoms with E-state index >= 15 is 0 Å². The van der Waals surface area contributed by atoms with Crippen LogP contribution in [0.1, 0.15) is 0 Å². The van der Waals surface area contributed by atoms with Crippen molar-refractivity contribution in [2.24, 2.45) is 0 Å². The molecule has 15 heteroatoms. The number of hydrogen-bond acceptors (Lipinski definition) is 12. The highest BCUT2D eigenvalue weighted by atomic mass is 16.6. The molecule has 0 saturated carbocycles. The third-order valence-electron chi connectivity index (χ3n) is 4.43. The second-order valence-corrected chi connectivity index (χ2v) is 7.51. The second-order valence-electron chi connectivity index (χ2n) is 7.51. The monoisotopic (exact) mass is 562 g/mol. The average Bonchev–Trinajstić information content (AvgIpc) is 2.91. The second kappa shape index (κ2) is 24.1. The van der Waals surface area contributed by atoms with Crippen LogP contribution in [0.2, 0.25) is 0 Å². The van der Waals surface area contributed by atoms with Crippen molar-refractivity contribution in [3.63, 3.8) is 0 Å². The maximum Gasteiger partial charge on any atom is 0.329 e. The molecular weight excluding hydrogens is 524 g/mol. The summed E-state index contributed by atoms with van der Waals surface area (Å²) in [6.07, 6.45) is 0. The van der Waals surface area contributed by atoms with Crippen LogP contribution < -0.4 is 10.1 Å². The van der Waals surface area contributed by atoms with Gasteiger partial charge in [-0.3, -0.25) is 14.9 Å². The fourth-order valence-corrected chi connectivity index (χ4v) is 2.63. The summed E-state index contributed by atoms with van der Waals surface area (Å²) in [6.45, 7) is 4.69. The van der Waals surface area contributed by atoms with Crippen LogP contribution in [0.4, 0.5) is 5.69 Å². The molecule has 0 aliphatic carbocycles. The summed E-state index contributed by atoms with van der Waals surface area (Å²) in [4.78, 5) is 31.7. The zero-order valence-electron chi connectivity index (χ0n) is 21.9. The minimum Gasteiger partial charge on any atom is -0.491 e. The molecule has 0 saturated heterocycles. The number of non-ortho nitro benzene ring substituents is 1. The van der Waals surface area contributed by atoms with Crippen LogP contribution >= 0.6 is 0 Å². The Balaban J connectivity index is 1.72. The zero-order chi connectivity index (χ0) is 28.4. The number of hydrogen-bond donors (Lipinski definition) is 2. The molecule has 0 aliphatic rings. The van der Waals surface area contributed by atoms with Gasteiger partial charge < -0.3 is 48.3 Å². The van der Waals surface area contributed by atoms with Gasteiger partial charge in [0, 0.05) is 18.7 Å². The van der Waals surface area contributed by atoms with E-state index in [1.54, 1.807) is 12.1 Å². The number of benzene rings is 1. The Labute approximate surface area is 226 Å². The number of carboxylic acids is 1. The lowest BCUT2D eigenvalue weighted by Crippen LogP contribution is -2.31. The number of carboxylic acid groups (broad SMARTS) is 1. The molecule has 2 N–H and O–H groups in total. The van der Waals surface area contributed by atoms with Gasteiger partial charge in [0.2, 0.25) is 5.91 Å². The van der Waals surface area contributed by atoms with Crippen LogP contribution in [0.25, 0.3) is 0 Å². The molecule has 0 atom stereocenters. The normalized spacial score (nSPS) is 10.9. The number of carbonyl (C=O) groups is 2. The Morgan fingerprint density at radius 1 is 0.667 bits per heavy atom. The van der Waals surface area contributed by atoms with Gasteiger partial charge in [-0.2, -0.15) is 0 Å². The largest absolute Gasteiger partial charge is 0.491 e. The summed E-state index contributed by atoms with van der Waals surface area (Å²) >= 11 is 0. The van der Waals surface area contributed by atoms with Crippen LogP contribution in [-0.2, 0) is 42.7 Å². The van der Waals surface area contributed by atoms with Gasteiger partial charge >= 0.3 is 5.97 Å². The van der Waals surface area contributed by atoms with E-state index in [1.807, 2.05) is 0 Å². The fourth-order valence-electron chi connectivity index (χ4n) is 2.63. The zero-order valence-corrected chi connectivity index (χ0v) is 21.9. The van der Waals surface area contributed by atoms with Crippen molar-refractivity contribution in [1.82, 2.24) is 5.32 Å². The Hall–Kier alpha value is -2.92. The van der Waals surface area contributed by atoms with E-state index in [0.29, 0.717) is 98.2 Å². The number of aliphatic carboxylic acids is 1. The number of nitrogens with zero attached hydrogens (tertiary/aromatic N) is 1. The SMILES string of the molecule is O=C(O)COCC(=O)NCCOCCOCCOCCOCCOCCOCCOc1ccc([N+](=O)[O-])cc1. The molecule has 0 unspecified atom stereocenters. The van der Waals surface area contributed by atoms with Gasteiger partial charge in [0.25, 0.3) is 5.69 Å². The van der Waals surface area contributed by atoms with Crippen molar-refractivity contribution in [2.45, 2.75) is 0 Å². The van der Waals surface area contributed by atoms with Crippen molar-refractivity contribution in [2.75, 3.05) is 106 Å². The smallest absolute Gasteiger partial charge is 0.329 e. The number of carbonyl (C=O) groups excluding carboxylic acids is 1. The van der Waals surface area contributed by atoms with Crippen LogP contribution in [0.5, 0.6) is 5.75 Å². The van der Waals surface area contributed by atoms with Gasteiger partial charge in [0.15, 0.2) is 0 Å². The van der Waals surface area contributed by atoms with Gasteiger partial charge in [0.1, 0.15) is 25.6 Å². The predicted molar refractivity (Wildman–Crippen MR) is 135 cm³/mol. The Bertz CT molecular complexity index is 780. The highest BCUT2D eigenvalue weighted by molar-refractivity contribution is 5.77. The van der Waals surface area contributed by atoms with Crippen molar-refractivity contribution in [3.05, 3.63) is 34.4 Å². The first-order valence-corrected chi connectivity index (χ1v) is 12.4. The number of amides is 1. The van der Waals surface area contributed by atoms with Crippen molar-refractivity contribution in [1.29, 1.82) is 0 Å². The number of nitro benzene ring substituents is 1. The average molecular weight is 563 g/mol. The molecule has 0 radical (unpaired) electrons. The summed E-state index contributed by atoms with van der Waals surface area (Å²) in [5, 5.41) is 21.5. The summed E-state index contributed by atoms with van der Waals surface area (Å²) < 4.78 is 42.4. The highest BCUT2D eigenvalue weighted by Crippen LogP contribution is 2.17. The number of nitro groups is 1. The van der Waals surface area contributed by atoms with Gasteiger partial charge in [-0.25, -0.2) is 4.79 Å². The van der Waals surface area contributed by atoms with Gasteiger partial charge in [-0.1, -0.05) is 0 Å². The van der Waals surface area contributed by atoms with E-state index in [4.69, 9.17) is 38.3 Å². The molecule has 0 bridgehead atoms. The first-order chi connectivity index (χ1) is 19.0. The summed E-state index contributed by atoms with van der Waals surface area (Å²) in [6, 6.07) is 5.86. The van der Waals surface area contributed by atoms with E-state index in [2.05, 4.69) is 10.1 Å². The first-order valence-electron chi connectivity index (χ1n) is 12.4. The highest BCUT2D eigenvalue weighted by Gasteiger charge is 2.04. The lowest BCUT2D eigenvalue weighted by molar-refractivity contribution is -0.384. The van der Waals surface area contributed by atoms with Crippen molar-refractivity contribution in [3.8, 4) is 5.75 Å². The maximum absolute atomic E-state index is 11.3. The molecule has 15 nitrogen and oxygen atoms in total. The molecule has 1 aromatic carbocycles. The molecule has 222 valence electrons. The topological polar surface area (TPSA) is 183 Å². The van der Waals surface area contributed by atoms with Gasteiger partial charge in [0.05, 0.1) is 84.2 Å². The minimum atomic E-state index is -1.13. The van der Waals surface area contributed by atoms with Gasteiger partial charge in [-0.05, 0) is 12.1 Å². The standard InChI is InChI=1S/C24H38N2O13/c27-23(19-38-20-24(28)29)25-5-6-32-7-8-33-9-10-34-11-12-35-13-14-36-15-16-37-17-18-39-22-3-1-21(2-4-22)26(30)31/h1-4H,5-20H2,(H,25,27)(H,28,29). The molecule has 0 heterocycles. The van der Waals surface area contributed by atoms with Crippen LogP contribution in [0, 0.1) is 10.1 Å². The fraction of sp³-hybridized carbons (Fsp3) is 0.667. The van der Waals surface area contributed by atoms with E-state index in [0.717, 1.165) is 0 Å². The lowest BCUT2D eigenvalue weighted by atomic mass is 10.3. The molecule has 0 aromatic heterocycles. The molecule has 39 heavy (non-hydrogen) atoms. The quantitative estimate of drug-likeness (QED) is 0.0848. The first kappa shape index (κ1) is 34.1. The Kier molecular flexibility index (Phi) is 21.1. The summed E-state index contributed by atoms with van der Waals surface area (Å²) in [7, 11) is 0. The predicted octanol–water partition coefficient (Wildman–Crippen LogP) is 0.291. The molecule has 1 rings (SSSR count). The van der Waals surface area contributed by atoms with Crippen molar-refractivity contribution < 1.29 is 57.5 Å². The molecule has 0 aliphatic heterocycles. The summed E-state index contributed by atoms with van der Waals surface area (Å²) in [5.74, 6) is -0.992. The van der Waals surface area contributed by atoms with Gasteiger partial charge in [-0.15, -0.1) is 0 Å². The molecule has 1 aromatic rings. The van der Waals surface area contributed by atoms with Crippen LogP contribution in [-0.4, -0.2) is 128 Å². The Morgan fingerprint density at radius 3 is 1.54 bits per heavy atom. The molecular formula is C24H38N2O13. The lowest BCUT2D eigenvalue weighted by Gasteiger charge is -2.09. The molecule has 1 amide bonds. The third-order valence-corrected chi connectivity index (χ3v) is 4.43. The van der Waals surface area contributed by atoms with Crippen LogP contribution in [0.3, 0.4) is 0 Å². The van der Waals surface area contributed by atoms with Crippen molar-refractivity contribution >= 4 is 17.6 Å². The maximum atomic E-state index is 11.3. The van der Waals surface area contributed by atoms with E-state index in [-0.39, 0.29) is 12.3 Å². The number of nitrogens with one attached hydrogen (secondary N) is 1.